The molecule has 2 atom stereocenters. The van der Waals surface area contributed by atoms with Crippen LogP contribution in [0.25, 0.3) is 11.0 Å². The molecule has 2 amide bonds. The average Bonchev–Trinajstić information content (AvgIpc) is 3.47. The van der Waals surface area contributed by atoms with Crippen molar-refractivity contribution in [3.63, 3.8) is 0 Å². The number of aliphatic hydroxyl groups is 1. The summed E-state index contributed by atoms with van der Waals surface area (Å²) in [5, 5.41) is 12.7. The number of amides is 2. The molecule has 1 saturated heterocycles. The number of furan rings is 1. The zero-order valence-electron chi connectivity index (χ0n) is 19.2. The highest BCUT2D eigenvalue weighted by atomic mass is 16.7. The van der Waals surface area contributed by atoms with Gasteiger partial charge in [-0.1, -0.05) is 18.2 Å². The molecular formula is C25H32N2O7. The minimum Gasteiger partial charge on any atom is -0.464 e. The van der Waals surface area contributed by atoms with Crippen molar-refractivity contribution in [1.82, 2.24) is 10.2 Å². The predicted molar refractivity (Wildman–Crippen MR) is 124 cm³/mol. The molecule has 2 N–H and O–H groups in total. The van der Waals surface area contributed by atoms with Gasteiger partial charge < -0.3 is 34.0 Å². The predicted octanol–water partition coefficient (Wildman–Crippen LogP) is 2.30. The fraction of sp³-hybridized carbons (Fsp3) is 0.520. The van der Waals surface area contributed by atoms with Gasteiger partial charge in [-0.2, -0.15) is 0 Å². The van der Waals surface area contributed by atoms with Crippen molar-refractivity contribution in [3.8, 4) is 0 Å². The number of likely N-dealkylation sites (tertiary alicyclic amines) is 1. The van der Waals surface area contributed by atoms with Crippen LogP contribution in [0.1, 0.15) is 37.2 Å². The third-order valence-electron chi connectivity index (χ3n) is 6.02. The van der Waals surface area contributed by atoms with Gasteiger partial charge in [-0.15, -0.1) is 0 Å². The van der Waals surface area contributed by atoms with E-state index < -0.39 is 6.29 Å². The van der Waals surface area contributed by atoms with E-state index >= 15 is 0 Å². The largest absolute Gasteiger partial charge is 0.464 e. The smallest absolute Gasteiger partial charge is 0.286 e. The van der Waals surface area contributed by atoms with E-state index in [0.717, 1.165) is 29.5 Å². The summed E-state index contributed by atoms with van der Waals surface area (Å²) in [6.07, 6.45) is 5.65. The second-order valence-corrected chi connectivity index (χ2v) is 8.41. The maximum absolute atomic E-state index is 12.9. The van der Waals surface area contributed by atoms with Gasteiger partial charge in [0.2, 0.25) is 12.2 Å². The van der Waals surface area contributed by atoms with Crippen LogP contribution >= 0.6 is 0 Å². The van der Waals surface area contributed by atoms with Crippen molar-refractivity contribution in [1.29, 1.82) is 0 Å². The Bertz CT molecular complexity index is 1000. The third kappa shape index (κ3) is 6.16. The Morgan fingerprint density at radius 3 is 2.94 bits per heavy atom. The summed E-state index contributed by atoms with van der Waals surface area (Å²) in [4.78, 5) is 26.5. The molecule has 0 unspecified atom stereocenters. The summed E-state index contributed by atoms with van der Waals surface area (Å²) in [5.41, 5.74) is 1.76. The first kappa shape index (κ1) is 24.3. The van der Waals surface area contributed by atoms with Gasteiger partial charge in [0.05, 0.1) is 32.7 Å². The molecule has 184 valence electrons. The van der Waals surface area contributed by atoms with E-state index in [4.69, 9.17) is 23.7 Å². The number of rotatable bonds is 12. The maximum Gasteiger partial charge on any atom is 0.286 e. The number of nitrogens with one attached hydrogen (secondary N) is 1. The Balaban J connectivity index is 1.39. The van der Waals surface area contributed by atoms with Crippen LogP contribution in [0.5, 0.6) is 0 Å². The lowest BCUT2D eigenvalue weighted by Crippen LogP contribution is -2.35. The molecule has 0 bridgehead atoms. The number of para-hydroxylation sites is 1. The van der Waals surface area contributed by atoms with Gasteiger partial charge in [-0.25, -0.2) is 0 Å². The van der Waals surface area contributed by atoms with Crippen molar-refractivity contribution in [3.05, 3.63) is 47.9 Å². The van der Waals surface area contributed by atoms with Crippen LogP contribution < -0.4 is 5.32 Å². The van der Waals surface area contributed by atoms with Crippen LogP contribution in [0.3, 0.4) is 0 Å². The van der Waals surface area contributed by atoms with Gasteiger partial charge in [0.15, 0.2) is 5.76 Å². The van der Waals surface area contributed by atoms with Crippen LogP contribution in [-0.4, -0.2) is 74.2 Å². The van der Waals surface area contributed by atoms with Gasteiger partial charge in [-0.3, -0.25) is 9.59 Å². The first-order valence-corrected chi connectivity index (χ1v) is 11.9. The normalized spacial score (nSPS) is 20.4. The number of ether oxygens (including phenoxy) is 3. The number of carbonyl (C=O) groups is 2. The van der Waals surface area contributed by atoms with Gasteiger partial charge in [0, 0.05) is 49.3 Å². The summed E-state index contributed by atoms with van der Waals surface area (Å²) in [7, 11) is 0. The number of benzene rings is 1. The third-order valence-corrected chi connectivity index (χ3v) is 6.02. The van der Waals surface area contributed by atoms with Crippen molar-refractivity contribution in [2.45, 2.75) is 37.9 Å². The SMILES string of the molecule is O=C(NCCCN1CCCC1=O)C1=C[C@H](c2coc3ccccc23)C[C@H](OCCOCCO)O1. The lowest BCUT2D eigenvalue weighted by atomic mass is 9.92. The number of aliphatic hydroxyl groups excluding tert-OH is 1. The number of hydrogen-bond acceptors (Lipinski definition) is 7. The Morgan fingerprint density at radius 1 is 1.24 bits per heavy atom. The molecule has 34 heavy (non-hydrogen) atoms. The topological polar surface area (TPSA) is 110 Å². The van der Waals surface area contributed by atoms with E-state index in [1.54, 1.807) is 6.26 Å². The Kier molecular flexibility index (Phi) is 8.56. The monoisotopic (exact) mass is 472 g/mol. The maximum atomic E-state index is 12.9. The quantitative estimate of drug-likeness (QED) is 0.456. The fourth-order valence-corrected chi connectivity index (χ4v) is 4.33. The second kappa shape index (κ2) is 12.0. The molecule has 2 aliphatic heterocycles. The van der Waals surface area contributed by atoms with Crippen LogP contribution in [0, 0.1) is 0 Å². The number of fused-ring (bicyclic) bond motifs is 1. The van der Waals surface area contributed by atoms with E-state index in [-0.39, 0.29) is 43.3 Å². The molecule has 1 aromatic carbocycles. The molecule has 9 heteroatoms. The summed E-state index contributed by atoms with van der Waals surface area (Å²) in [6, 6.07) is 7.78. The van der Waals surface area contributed by atoms with Crippen molar-refractivity contribution >= 4 is 22.8 Å². The van der Waals surface area contributed by atoms with Crippen LogP contribution in [0.15, 0.2) is 46.8 Å². The van der Waals surface area contributed by atoms with Crippen molar-refractivity contribution < 1.29 is 33.3 Å². The van der Waals surface area contributed by atoms with Gasteiger partial charge in [-0.05, 0) is 25.0 Å². The lowest BCUT2D eigenvalue weighted by molar-refractivity contribution is -0.151. The fourth-order valence-electron chi connectivity index (χ4n) is 4.33. The van der Waals surface area contributed by atoms with Crippen LogP contribution in [0.2, 0.25) is 0 Å². The summed E-state index contributed by atoms with van der Waals surface area (Å²) in [5.74, 6) is -0.0399. The zero-order valence-corrected chi connectivity index (χ0v) is 19.2. The molecule has 0 saturated carbocycles. The summed E-state index contributed by atoms with van der Waals surface area (Å²) >= 11 is 0. The Morgan fingerprint density at radius 2 is 2.12 bits per heavy atom. The second-order valence-electron chi connectivity index (χ2n) is 8.41. The molecule has 4 rings (SSSR count). The Labute approximate surface area is 198 Å². The van der Waals surface area contributed by atoms with Crippen molar-refractivity contribution in [2.75, 3.05) is 46.1 Å². The van der Waals surface area contributed by atoms with E-state index in [2.05, 4.69) is 5.32 Å². The number of nitrogens with zero attached hydrogens (tertiary/aromatic N) is 1. The summed E-state index contributed by atoms with van der Waals surface area (Å²) in [6.45, 7) is 2.68. The van der Waals surface area contributed by atoms with Crippen LogP contribution in [0.4, 0.5) is 0 Å². The molecular weight excluding hydrogens is 440 g/mol. The van der Waals surface area contributed by atoms with E-state index in [0.29, 0.717) is 39.0 Å². The van der Waals surface area contributed by atoms with Crippen LogP contribution in [-0.2, 0) is 23.8 Å². The first-order valence-electron chi connectivity index (χ1n) is 11.9. The number of carbonyl (C=O) groups excluding carboxylic acids is 2. The molecule has 2 aliphatic rings. The lowest BCUT2D eigenvalue weighted by Gasteiger charge is -2.29. The molecule has 1 aromatic heterocycles. The highest BCUT2D eigenvalue weighted by Gasteiger charge is 2.30. The first-order chi connectivity index (χ1) is 16.7. The minimum absolute atomic E-state index is 0.0471. The van der Waals surface area contributed by atoms with Gasteiger partial charge in [0.25, 0.3) is 5.91 Å². The highest BCUT2D eigenvalue weighted by molar-refractivity contribution is 5.92. The molecule has 3 heterocycles. The molecule has 2 aromatic rings. The van der Waals surface area contributed by atoms with E-state index in [1.807, 2.05) is 35.2 Å². The summed E-state index contributed by atoms with van der Waals surface area (Å²) < 4.78 is 22.7. The Hall–Kier alpha value is -2.88. The molecule has 1 fully saturated rings. The van der Waals surface area contributed by atoms with E-state index in [1.165, 1.54) is 0 Å². The molecule has 9 nitrogen and oxygen atoms in total. The number of hydrogen-bond donors (Lipinski definition) is 2. The highest BCUT2D eigenvalue weighted by Crippen LogP contribution is 2.36. The molecule has 0 radical (unpaired) electrons. The standard InChI is InChI=1S/C25H32N2O7/c28-11-12-31-13-14-32-24-16-18(20-17-33-21-6-2-1-5-19(20)21)15-22(34-24)25(30)26-8-4-10-27-9-3-7-23(27)29/h1-2,5-6,15,17-18,24,28H,3-4,7-14,16H2,(H,26,30)/t18-,24+/m0/s1. The molecule has 0 aliphatic carbocycles. The minimum atomic E-state index is -0.621. The van der Waals surface area contributed by atoms with Gasteiger partial charge >= 0.3 is 0 Å². The van der Waals surface area contributed by atoms with E-state index in [9.17, 15) is 9.59 Å². The average molecular weight is 473 g/mol. The van der Waals surface area contributed by atoms with Gasteiger partial charge in [0.1, 0.15) is 5.58 Å². The number of allylic oxidation sites excluding steroid dienone is 1. The zero-order chi connectivity index (χ0) is 23.8. The van der Waals surface area contributed by atoms with Crippen molar-refractivity contribution in [2.24, 2.45) is 0 Å². The molecule has 0 spiro atoms.